The minimum absolute atomic E-state index is 0.0649. The monoisotopic (exact) mass is 465 g/mol. The van der Waals surface area contributed by atoms with Crippen molar-refractivity contribution in [1.82, 2.24) is 9.97 Å². The van der Waals surface area contributed by atoms with Gasteiger partial charge in [-0.1, -0.05) is 55.5 Å². The first kappa shape index (κ1) is 23.4. The second kappa shape index (κ2) is 9.36. The summed E-state index contributed by atoms with van der Waals surface area (Å²) in [7, 11) is 0. The Morgan fingerprint density at radius 2 is 1.94 bits per heavy atom. The third-order valence-corrected chi connectivity index (χ3v) is 8.07. The summed E-state index contributed by atoms with van der Waals surface area (Å²) in [6.07, 6.45) is 3.66. The van der Waals surface area contributed by atoms with Gasteiger partial charge in [0.05, 0.1) is 17.5 Å². The van der Waals surface area contributed by atoms with Crippen molar-refractivity contribution in [1.29, 1.82) is 5.26 Å². The van der Waals surface area contributed by atoms with Crippen LogP contribution in [0, 0.1) is 36.0 Å². The van der Waals surface area contributed by atoms with Crippen LogP contribution in [0.5, 0.6) is 0 Å². The van der Waals surface area contributed by atoms with Crippen molar-refractivity contribution in [3.05, 3.63) is 82.8 Å². The third-order valence-electron chi connectivity index (χ3n) is 8.07. The van der Waals surface area contributed by atoms with Crippen LogP contribution in [0.1, 0.15) is 54.4 Å². The van der Waals surface area contributed by atoms with E-state index in [4.69, 9.17) is 9.97 Å². The number of nitriles is 1. The van der Waals surface area contributed by atoms with Gasteiger partial charge in [0.25, 0.3) is 0 Å². The number of aromatic nitrogens is 2. The Kier molecular flexibility index (Phi) is 6.25. The minimum atomic E-state index is -0.645. The predicted octanol–water partition coefficient (Wildman–Crippen LogP) is 4.97. The normalized spacial score (nSPS) is 25.4. The summed E-state index contributed by atoms with van der Waals surface area (Å²) >= 11 is 0. The molecule has 1 saturated carbocycles. The van der Waals surface area contributed by atoms with E-state index in [9.17, 15) is 15.2 Å². The second-order valence-corrected chi connectivity index (χ2v) is 10.0. The average molecular weight is 466 g/mol. The summed E-state index contributed by atoms with van der Waals surface area (Å²) in [6.45, 7) is 4.10. The van der Waals surface area contributed by atoms with E-state index >= 15 is 0 Å². The average Bonchev–Trinajstić information content (AvgIpc) is 2.89. The zero-order valence-electron chi connectivity index (χ0n) is 20.4. The van der Waals surface area contributed by atoms with E-state index in [1.54, 1.807) is 0 Å². The summed E-state index contributed by atoms with van der Waals surface area (Å²) in [5.74, 6) is 0.00591. The zero-order valence-corrected chi connectivity index (χ0v) is 20.4. The quantitative estimate of drug-likeness (QED) is 0.575. The van der Waals surface area contributed by atoms with Gasteiger partial charge < -0.3 is 5.11 Å². The molecule has 2 aromatic carbocycles. The number of aryl methyl sites for hydroxylation is 2. The molecule has 1 heterocycles. The van der Waals surface area contributed by atoms with E-state index in [0.29, 0.717) is 12.2 Å². The van der Waals surface area contributed by atoms with Crippen LogP contribution in [0.25, 0.3) is 11.3 Å². The Morgan fingerprint density at radius 1 is 1.14 bits per heavy atom. The molecule has 0 amide bonds. The Hall–Kier alpha value is -3.36. The molecule has 35 heavy (non-hydrogen) atoms. The van der Waals surface area contributed by atoms with Crippen LogP contribution in [0.3, 0.4) is 0 Å². The molecule has 0 radical (unpaired) electrons. The number of ketones is 1. The van der Waals surface area contributed by atoms with Crippen LogP contribution in [0.2, 0.25) is 0 Å². The lowest BCUT2D eigenvalue weighted by Gasteiger charge is -2.51. The second-order valence-electron chi connectivity index (χ2n) is 10.0. The maximum Gasteiger partial charge on any atom is 0.153 e. The van der Waals surface area contributed by atoms with Crippen LogP contribution in [-0.2, 0) is 23.1 Å². The smallest absolute Gasteiger partial charge is 0.153 e. The van der Waals surface area contributed by atoms with Gasteiger partial charge in [-0.2, -0.15) is 5.26 Å². The molecule has 3 aromatic rings. The largest absolute Gasteiger partial charge is 0.396 e. The van der Waals surface area contributed by atoms with Crippen molar-refractivity contribution < 1.29 is 9.90 Å². The van der Waals surface area contributed by atoms with Gasteiger partial charge in [-0.3, -0.25) is 4.79 Å². The molecule has 0 aliphatic heterocycles. The van der Waals surface area contributed by atoms with Crippen LogP contribution in [0.15, 0.2) is 54.6 Å². The van der Waals surface area contributed by atoms with Gasteiger partial charge in [0.2, 0.25) is 0 Å². The molecule has 5 nitrogen and oxygen atoms in total. The van der Waals surface area contributed by atoms with Gasteiger partial charge in [0.15, 0.2) is 5.78 Å². The Bertz CT molecular complexity index is 1300. The van der Waals surface area contributed by atoms with Gasteiger partial charge in [-0.25, -0.2) is 9.97 Å². The fourth-order valence-electron chi connectivity index (χ4n) is 6.50. The Morgan fingerprint density at radius 3 is 2.69 bits per heavy atom. The lowest BCUT2D eigenvalue weighted by atomic mass is 9.50. The van der Waals surface area contributed by atoms with E-state index in [-0.39, 0.29) is 24.2 Å². The van der Waals surface area contributed by atoms with Crippen molar-refractivity contribution in [2.45, 2.75) is 51.4 Å². The molecule has 0 bridgehead atoms. The van der Waals surface area contributed by atoms with Crippen LogP contribution in [-0.4, -0.2) is 27.5 Å². The highest BCUT2D eigenvalue weighted by molar-refractivity contribution is 5.87. The van der Waals surface area contributed by atoms with E-state index in [1.165, 1.54) is 5.56 Å². The van der Waals surface area contributed by atoms with Crippen molar-refractivity contribution in [3.8, 4) is 17.3 Å². The van der Waals surface area contributed by atoms with E-state index < -0.39 is 11.3 Å². The van der Waals surface area contributed by atoms with Gasteiger partial charge in [0, 0.05) is 29.1 Å². The fourth-order valence-corrected chi connectivity index (χ4v) is 6.50. The van der Waals surface area contributed by atoms with Crippen LogP contribution < -0.4 is 0 Å². The topological polar surface area (TPSA) is 86.9 Å². The van der Waals surface area contributed by atoms with Gasteiger partial charge in [-0.15, -0.1) is 0 Å². The number of aliphatic hydroxyl groups excluding tert-OH is 1. The first-order valence-corrected chi connectivity index (χ1v) is 12.6. The number of rotatable bonds is 5. The molecule has 1 aromatic heterocycles. The highest BCUT2D eigenvalue weighted by Crippen LogP contribution is 2.56. The van der Waals surface area contributed by atoms with Crippen molar-refractivity contribution in [2.75, 3.05) is 6.61 Å². The molecule has 0 saturated heterocycles. The van der Waals surface area contributed by atoms with Crippen LogP contribution in [0.4, 0.5) is 0 Å². The lowest BCUT2D eigenvalue weighted by molar-refractivity contribution is -0.131. The number of aliphatic hydroxyl groups is 1. The molecule has 0 spiro atoms. The summed E-state index contributed by atoms with van der Waals surface area (Å²) < 4.78 is 0. The van der Waals surface area contributed by atoms with Crippen molar-refractivity contribution in [2.24, 2.45) is 17.8 Å². The summed E-state index contributed by atoms with van der Waals surface area (Å²) in [6, 6.07) is 21.1. The number of carbonyl (C=O) groups is 1. The van der Waals surface area contributed by atoms with Gasteiger partial charge >= 0.3 is 0 Å². The molecular weight excluding hydrogens is 434 g/mol. The SMILES string of the molecule is Cc1nc(-c2cccc(CCCO)c2)c2c(n1)[C@]1(c3ccccc3)CC(C#N)C(=O)[C@@H](C)[C@@H]1CC2. The number of benzene rings is 2. The maximum absolute atomic E-state index is 13.1. The summed E-state index contributed by atoms with van der Waals surface area (Å²) in [5, 5.41) is 19.2. The highest BCUT2D eigenvalue weighted by atomic mass is 16.2. The van der Waals surface area contributed by atoms with E-state index in [1.807, 2.05) is 32.0 Å². The molecule has 2 aliphatic rings. The molecule has 1 N–H and O–H groups in total. The van der Waals surface area contributed by atoms with Crippen LogP contribution >= 0.6 is 0 Å². The number of hydrogen-bond donors (Lipinski definition) is 1. The predicted molar refractivity (Wildman–Crippen MR) is 135 cm³/mol. The number of carbonyl (C=O) groups excluding carboxylic acids is 1. The molecule has 1 unspecified atom stereocenters. The molecular formula is C30H31N3O2. The first-order valence-electron chi connectivity index (χ1n) is 12.6. The minimum Gasteiger partial charge on any atom is -0.396 e. The van der Waals surface area contributed by atoms with Crippen molar-refractivity contribution in [3.63, 3.8) is 0 Å². The maximum atomic E-state index is 13.1. The van der Waals surface area contributed by atoms with Crippen molar-refractivity contribution >= 4 is 5.78 Å². The lowest BCUT2D eigenvalue weighted by Crippen LogP contribution is -2.53. The highest BCUT2D eigenvalue weighted by Gasteiger charge is 2.56. The number of hydrogen-bond acceptors (Lipinski definition) is 5. The zero-order chi connectivity index (χ0) is 24.6. The Labute approximate surface area is 206 Å². The summed E-state index contributed by atoms with van der Waals surface area (Å²) in [5.41, 5.74) is 5.93. The fraction of sp³-hybridized carbons (Fsp3) is 0.400. The molecule has 178 valence electrons. The Balaban J connectivity index is 1.74. The number of Topliss-reactive ketones (excluding diaryl/α,β-unsaturated/α-hetero) is 1. The van der Waals surface area contributed by atoms with E-state index in [0.717, 1.165) is 53.8 Å². The molecule has 5 heteroatoms. The van der Waals surface area contributed by atoms with E-state index in [2.05, 4.69) is 42.5 Å². The van der Waals surface area contributed by atoms with Gasteiger partial charge in [-0.05, 0) is 62.1 Å². The molecule has 4 atom stereocenters. The van der Waals surface area contributed by atoms with Gasteiger partial charge in [0.1, 0.15) is 11.7 Å². The molecule has 2 aliphatic carbocycles. The third kappa shape index (κ3) is 3.86. The summed E-state index contributed by atoms with van der Waals surface area (Å²) in [4.78, 5) is 23.1. The standard InChI is InChI=1S/C30H31N3O2/c1-19-26-14-13-25-27(22-10-6-8-21(16-22)9-7-15-34)32-20(2)33-29(25)30(26,17-23(18-31)28(19)35)24-11-4-3-5-12-24/h3-6,8,10-12,16,19,23,26,34H,7,9,13-15,17H2,1-2H3/t19-,23?,26-,30-/m0/s1. The first-order chi connectivity index (χ1) is 17.0. The number of fused-ring (bicyclic) bond motifs is 3. The number of nitrogens with zero attached hydrogens (tertiary/aromatic N) is 3. The molecule has 1 fully saturated rings. The molecule has 5 rings (SSSR count).